The SMILES string of the molecule is CC[C@@]1(CO)CCCN(CCn2cc(Cl)cn2)C1. The van der Waals surface area contributed by atoms with Crippen molar-refractivity contribution in [2.75, 3.05) is 26.2 Å². The molecule has 1 fully saturated rings. The molecular formula is C13H22ClN3O. The summed E-state index contributed by atoms with van der Waals surface area (Å²) in [5.74, 6) is 0. The van der Waals surface area contributed by atoms with Gasteiger partial charge in [0.2, 0.25) is 0 Å². The fourth-order valence-corrected chi connectivity index (χ4v) is 2.89. The topological polar surface area (TPSA) is 41.3 Å². The van der Waals surface area contributed by atoms with Gasteiger partial charge in [-0.25, -0.2) is 0 Å². The van der Waals surface area contributed by atoms with Gasteiger partial charge in [-0.2, -0.15) is 5.10 Å². The van der Waals surface area contributed by atoms with Gasteiger partial charge in [-0.05, 0) is 25.8 Å². The average molecular weight is 272 g/mol. The van der Waals surface area contributed by atoms with Gasteiger partial charge >= 0.3 is 0 Å². The van der Waals surface area contributed by atoms with Crippen LogP contribution in [0, 0.1) is 5.41 Å². The fourth-order valence-electron chi connectivity index (χ4n) is 2.73. The highest BCUT2D eigenvalue weighted by Gasteiger charge is 2.32. The predicted octanol–water partition coefficient (Wildman–Crippen LogP) is 2.02. The first-order chi connectivity index (χ1) is 8.67. The molecule has 0 aliphatic carbocycles. The van der Waals surface area contributed by atoms with E-state index in [4.69, 9.17) is 11.6 Å². The Labute approximate surface area is 114 Å². The first kappa shape index (κ1) is 13.8. The van der Waals surface area contributed by atoms with Crippen LogP contribution < -0.4 is 0 Å². The van der Waals surface area contributed by atoms with E-state index in [1.807, 2.05) is 10.9 Å². The molecule has 0 spiro atoms. The molecule has 2 rings (SSSR count). The Bertz CT molecular complexity index is 376. The summed E-state index contributed by atoms with van der Waals surface area (Å²) in [6.07, 6.45) is 6.89. The molecule has 1 aliphatic rings. The van der Waals surface area contributed by atoms with Crippen LogP contribution in [0.5, 0.6) is 0 Å². The van der Waals surface area contributed by atoms with E-state index in [-0.39, 0.29) is 5.41 Å². The van der Waals surface area contributed by atoms with E-state index in [2.05, 4.69) is 16.9 Å². The van der Waals surface area contributed by atoms with Crippen LogP contribution in [0.3, 0.4) is 0 Å². The Morgan fingerprint density at radius 2 is 2.33 bits per heavy atom. The Balaban J connectivity index is 1.86. The van der Waals surface area contributed by atoms with Gasteiger partial charge in [-0.1, -0.05) is 18.5 Å². The number of halogens is 1. The third-order valence-corrected chi connectivity index (χ3v) is 4.27. The summed E-state index contributed by atoms with van der Waals surface area (Å²) in [7, 11) is 0. The zero-order valence-corrected chi connectivity index (χ0v) is 11.7. The molecule has 1 aliphatic heterocycles. The van der Waals surface area contributed by atoms with Crippen molar-refractivity contribution >= 4 is 11.6 Å². The number of hydrogen-bond donors (Lipinski definition) is 1. The zero-order valence-electron chi connectivity index (χ0n) is 11.0. The maximum Gasteiger partial charge on any atom is 0.0785 e. The van der Waals surface area contributed by atoms with Crippen LogP contribution in [-0.2, 0) is 6.54 Å². The summed E-state index contributed by atoms with van der Waals surface area (Å²) in [6.45, 7) is 6.42. The maximum atomic E-state index is 9.59. The van der Waals surface area contributed by atoms with Gasteiger partial charge in [0.15, 0.2) is 0 Å². The predicted molar refractivity (Wildman–Crippen MR) is 72.7 cm³/mol. The van der Waals surface area contributed by atoms with Crippen molar-refractivity contribution in [2.45, 2.75) is 32.7 Å². The van der Waals surface area contributed by atoms with Crippen molar-refractivity contribution < 1.29 is 5.11 Å². The monoisotopic (exact) mass is 271 g/mol. The number of aromatic nitrogens is 2. The van der Waals surface area contributed by atoms with E-state index < -0.39 is 0 Å². The molecule has 1 aromatic rings. The number of rotatable bonds is 5. The van der Waals surface area contributed by atoms with Gasteiger partial charge in [-0.3, -0.25) is 4.68 Å². The lowest BCUT2D eigenvalue weighted by Gasteiger charge is -2.41. The minimum Gasteiger partial charge on any atom is -0.396 e. The van der Waals surface area contributed by atoms with E-state index in [0.717, 1.165) is 39.0 Å². The lowest BCUT2D eigenvalue weighted by atomic mass is 9.78. The lowest BCUT2D eigenvalue weighted by Crippen LogP contribution is -2.46. The van der Waals surface area contributed by atoms with E-state index >= 15 is 0 Å². The second-order valence-electron chi connectivity index (χ2n) is 5.31. The molecule has 1 N–H and O–H groups in total. The Morgan fingerprint density at radius 1 is 1.50 bits per heavy atom. The molecule has 1 saturated heterocycles. The van der Waals surface area contributed by atoms with Crippen molar-refractivity contribution in [1.82, 2.24) is 14.7 Å². The number of aliphatic hydroxyl groups excluding tert-OH is 1. The minimum absolute atomic E-state index is 0.111. The first-order valence-corrected chi connectivity index (χ1v) is 7.06. The van der Waals surface area contributed by atoms with Crippen LogP contribution in [0.25, 0.3) is 0 Å². The summed E-state index contributed by atoms with van der Waals surface area (Å²) in [4.78, 5) is 2.43. The number of piperidine rings is 1. The molecule has 0 bridgehead atoms. The Kier molecular flexibility index (Phi) is 4.65. The first-order valence-electron chi connectivity index (χ1n) is 6.69. The number of nitrogens with zero attached hydrogens (tertiary/aromatic N) is 3. The molecular weight excluding hydrogens is 250 g/mol. The molecule has 0 radical (unpaired) electrons. The number of likely N-dealkylation sites (tertiary alicyclic amines) is 1. The third-order valence-electron chi connectivity index (χ3n) is 4.07. The Hall–Kier alpha value is -0.580. The molecule has 0 amide bonds. The largest absolute Gasteiger partial charge is 0.396 e. The molecule has 18 heavy (non-hydrogen) atoms. The third kappa shape index (κ3) is 3.25. The molecule has 2 heterocycles. The van der Waals surface area contributed by atoms with Crippen LogP contribution in [0.4, 0.5) is 0 Å². The zero-order chi connectivity index (χ0) is 13.0. The molecule has 4 nitrogen and oxygen atoms in total. The normalized spacial score (nSPS) is 25.5. The number of hydrogen-bond acceptors (Lipinski definition) is 3. The molecule has 0 unspecified atom stereocenters. The summed E-state index contributed by atoms with van der Waals surface area (Å²) >= 11 is 5.84. The van der Waals surface area contributed by atoms with Gasteiger partial charge in [0.25, 0.3) is 0 Å². The smallest absolute Gasteiger partial charge is 0.0785 e. The van der Waals surface area contributed by atoms with E-state index in [1.54, 1.807) is 6.20 Å². The van der Waals surface area contributed by atoms with Crippen LogP contribution in [0.1, 0.15) is 26.2 Å². The standard InChI is InChI=1S/C13H22ClN3O/c1-2-13(11-18)4-3-5-16(10-13)6-7-17-9-12(14)8-15-17/h8-9,18H,2-7,10-11H2,1H3/t13-/m1/s1. The molecule has 0 saturated carbocycles. The van der Waals surface area contributed by atoms with Gasteiger partial charge < -0.3 is 10.0 Å². The summed E-state index contributed by atoms with van der Waals surface area (Å²) in [5.41, 5.74) is 0.111. The van der Waals surface area contributed by atoms with Gasteiger partial charge in [-0.15, -0.1) is 0 Å². The van der Waals surface area contributed by atoms with Crippen LogP contribution >= 0.6 is 11.6 Å². The van der Waals surface area contributed by atoms with Gasteiger partial charge in [0.05, 0.1) is 17.8 Å². The molecule has 5 heteroatoms. The quantitative estimate of drug-likeness (QED) is 0.891. The van der Waals surface area contributed by atoms with Crippen LogP contribution in [0.15, 0.2) is 12.4 Å². The second kappa shape index (κ2) is 6.04. The van der Waals surface area contributed by atoms with E-state index in [9.17, 15) is 5.11 Å². The highest BCUT2D eigenvalue weighted by molar-refractivity contribution is 6.30. The second-order valence-corrected chi connectivity index (χ2v) is 5.75. The fraction of sp³-hybridized carbons (Fsp3) is 0.769. The average Bonchev–Trinajstić information content (AvgIpc) is 2.82. The van der Waals surface area contributed by atoms with Crippen molar-refractivity contribution in [3.8, 4) is 0 Å². The molecule has 102 valence electrons. The molecule has 0 aromatic carbocycles. The van der Waals surface area contributed by atoms with Gasteiger partial charge in [0.1, 0.15) is 0 Å². The van der Waals surface area contributed by atoms with Crippen LogP contribution in [0.2, 0.25) is 5.02 Å². The molecule has 1 atom stereocenters. The van der Waals surface area contributed by atoms with Crippen molar-refractivity contribution in [1.29, 1.82) is 0 Å². The van der Waals surface area contributed by atoms with Crippen molar-refractivity contribution in [3.63, 3.8) is 0 Å². The lowest BCUT2D eigenvalue weighted by molar-refractivity contribution is 0.0276. The summed E-state index contributed by atoms with van der Waals surface area (Å²) < 4.78 is 1.88. The van der Waals surface area contributed by atoms with Crippen molar-refractivity contribution in [2.24, 2.45) is 5.41 Å². The van der Waals surface area contributed by atoms with Crippen LogP contribution in [-0.4, -0.2) is 46.0 Å². The number of aliphatic hydroxyl groups is 1. The highest BCUT2D eigenvalue weighted by atomic mass is 35.5. The highest BCUT2D eigenvalue weighted by Crippen LogP contribution is 2.32. The van der Waals surface area contributed by atoms with Crippen molar-refractivity contribution in [3.05, 3.63) is 17.4 Å². The van der Waals surface area contributed by atoms with E-state index in [0.29, 0.717) is 11.6 Å². The molecule has 1 aromatic heterocycles. The minimum atomic E-state index is 0.111. The summed E-state index contributed by atoms with van der Waals surface area (Å²) in [5, 5.41) is 14.5. The summed E-state index contributed by atoms with van der Waals surface area (Å²) in [6, 6.07) is 0. The Morgan fingerprint density at radius 3 is 2.94 bits per heavy atom. The maximum absolute atomic E-state index is 9.59. The van der Waals surface area contributed by atoms with Gasteiger partial charge in [0, 0.05) is 31.3 Å². The van der Waals surface area contributed by atoms with E-state index in [1.165, 1.54) is 6.42 Å².